The van der Waals surface area contributed by atoms with Gasteiger partial charge in [-0.25, -0.2) is 0 Å². The van der Waals surface area contributed by atoms with Crippen molar-refractivity contribution in [2.24, 2.45) is 0 Å². The topological polar surface area (TPSA) is 49.7 Å². The van der Waals surface area contributed by atoms with Gasteiger partial charge in [0.05, 0.1) is 13.2 Å². The van der Waals surface area contributed by atoms with Crippen molar-refractivity contribution in [1.29, 1.82) is 0 Å². The molecule has 3 nitrogen and oxygen atoms in total. The molecule has 3 heteroatoms. The molecular weight excluding hydrogens is 673 g/mol. The first kappa shape index (κ1) is 75.5. The SMILES string of the molecule is C=C.C=C.C=C.C=C.C=C.C=C.C=C.C=C.C=C.C=C.CCCCCCCCCc1ccccc1Oc1ccccc1CCCCCCCCC.OCCO. The van der Waals surface area contributed by atoms with E-state index >= 15 is 0 Å². The van der Waals surface area contributed by atoms with Crippen LogP contribution < -0.4 is 4.74 Å². The lowest BCUT2D eigenvalue weighted by atomic mass is 10.0. The summed E-state index contributed by atoms with van der Waals surface area (Å²) in [4.78, 5) is 0. The van der Waals surface area contributed by atoms with Crippen molar-refractivity contribution in [2.45, 2.75) is 117 Å². The molecule has 0 bridgehead atoms. The van der Waals surface area contributed by atoms with Gasteiger partial charge in [-0.3, -0.25) is 0 Å². The summed E-state index contributed by atoms with van der Waals surface area (Å²) < 4.78 is 6.46. The molecule has 0 aliphatic rings. The smallest absolute Gasteiger partial charge is 0.130 e. The lowest BCUT2D eigenvalue weighted by Crippen LogP contribution is -1.96. The average molecular weight is 765 g/mol. The highest BCUT2D eigenvalue weighted by Crippen LogP contribution is 2.30. The first-order valence-corrected chi connectivity index (χ1v) is 19.3. The first-order chi connectivity index (χ1) is 27.3. The van der Waals surface area contributed by atoms with Crippen molar-refractivity contribution < 1.29 is 14.9 Å². The van der Waals surface area contributed by atoms with E-state index in [2.05, 4.69) is 194 Å². The molecule has 0 aliphatic heterocycles. The number of para-hydroxylation sites is 2. The lowest BCUT2D eigenvalue weighted by Gasteiger charge is -2.14. The summed E-state index contributed by atoms with van der Waals surface area (Å²) in [7, 11) is 0. The molecule has 0 atom stereocenters. The highest BCUT2D eigenvalue weighted by Gasteiger charge is 2.08. The molecule has 0 heterocycles. The molecule has 0 saturated heterocycles. The maximum atomic E-state index is 7.62. The van der Waals surface area contributed by atoms with Crippen molar-refractivity contribution >= 4 is 0 Å². The second-order valence-electron chi connectivity index (χ2n) is 9.51. The number of ether oxygens (including phenoxy) is 1. The van der Waals surface area contributed by atoms with Gasteiger partial charge in [0, 0.05) is 0 Å². The van der Waals surface area contributed by atoms with Gasteiger partial charge < -0.3 is 14.9 Å². The zero-order valence-electron chi connectivity index (χ0n) is 36.8. The maximum absolute atomic E-state index is 7.62. The van der Waals surface area contributed by atoms with Gasteiger partial charge in [0.2, 0.25) is 0 Å². The van der Waals surface area contributed by atoms with Crippen LogP contribution in [0.25, 0.3) is 0 Å². The average Bonchev–Trinajstić information content (AvgIpc) is 3.31. The summed E-state index contributed by atoms with van der Waals surface area (Å²) >= 11 is 0. The number of hydrogen-bond donors (Lipinski definition) is 2. The highest BCUT2D eigenvalue weighted by atomic mass is 16.5. The van der Waals surface area contributed by atoms with Gasteiger partial charge in [0.1, 0.15) is 11.5 Å². The van der Waals surface area contributed by atoms with Crippen LogP contribution >= 0.6 is 0 Å². The summed E-state index contributed by atoms with van der Waals surface area (Å²) in [5.74, 6) is 2.08. The Hall–Kier alpha value is -4.44. The fourth-order valence-corrected chi connectivity index (χ4v) is 4.28. The summed E-state index contributed by atoms with van der Waals surface area (Å²) in [5.41, 5.74) is 2.70. The van der Waals surface area contributed by atoms with E-state index in [9.17, 15) is 0 Å². The fraction of sp³-hybridized carbons (Fsp3) is 0.385. The minimum Gasteiger partial charge on any atom is -0.457 e. The number of aliphatic hydroxyl groups is 2. The largest absolute Gasteiger partial charge is 0.457 e. The van der Waals surface area contributed by atoms with Gasteiger partial charge in [-0.05, 0) is 48.9 Å². The zero-order chi connectivity index (χ0) is 45.4. The standard InChI is InChI=1S/C30H46O.C2H6O2.10C2H4/c1-3-5-7-9-11-13-15-21-27-23-17-19-25-29(27)31-30-26-20-18-24-28(30)22-16-14-12-10-8-6-4-2;3-1-2-4;10*1-2/h17-20,23-26H,3-16,21-22H2,1-2H3;3-4H,1-2H2;10*1-2H2. The van der Waals surface area contributed by atoms with E-state index in [1.54, 1.807) is 0 Å². The molecule has 2 aromatic rings. The van der Waals surface area contributed by atoms with E-state index in [0.29, 0.717) is 0 Å². The number of hydrogen-bond acceptors (Lipinski definition) is 3. The third-order valence-corrected chi connectivity index (χ3v) is 6.36. The number of benzene rings is 2. The van der Waals surface area contributed by atoms with Crippen LogP contribution in [0.5, 0.6) is 11.5 Å². The van der Waals surface area contributed by atoms with Crippen LogP contribution in [0.3, 0.4) is 0 Å². The van der Waals surface area contributed by atoms with Crippen LogP contribution in [0.1, 0.15) is 115 Å². The normalized spacial score (nSPS) is 7.49. The van der Waals surface area contributed by atoms with Crippen molar-refractivity contribution in [3.8, 4) is 11.5 Å². The second kappa shape index (κ2) is 97.8. The Morgan fingerprint density at radius 1 is 0.345 bits per heavy atom. The fourth-order valence-electron chi connectivity index (χ4n) is 4.28. The molecule has 0 aliphatic carbocycles. The van der Waals surface area contributed by atoms with E-state index in [-0.39, 0.29) is 13.2 Å². The Balaban J connectivity index is -0.0000000889. The van der Waals surface area contributed by atoms with Crippen LogP contribution in [-0.4, -0.2) is 23.4 Å². The lowest BCUT2D eigenvalue weighted by molar-refractivity contribution is 0.186. The van der Waals surface area contributed by atoms with E-state index < -0.39 is 0 Å². The Kier molecular flexibility index (Phi) is 134. The quantitative estimate of drug-likeness (QED) is 0.111. The molecule has 2 aromatic carbocycles. The molecule has 0 spiro atoms. The second-order valence-corrected chi connectivity index (χ2v) is 9.51. The number of rotatable bonds is 19. The van der Waals surface area contributed by atoms with Crippen molar-refractivity contribution in [3.63, 3.8) is 0 Å². The molecule has 0 amide bonds. The van der Waals surface area contributed by atoms with Crippen molar-refractivity contribution in [3.05, 3.63) is 191 Å². The summed E-state index contributed by atoms with van der Waals surface area (Å²) in [5, 5.41) is 15.2. The summed E-state index contributed by atoms with van der Waals surface area (Å²) in [6.07, 6.45) is 21.1. The first-order valence-electron chi connectivity index (χ1n) is 19.3. The van der Waals surface area contributed by atoms with Crippen molar-refractivity contribution in [2.75, 3.05) is 13.2 Å². The molecule has 0 fully saturated rings. The summed E-state index contributed by atoms with van der Waals surface area (Å²) in [6, 6.07) is 17.3. The molecule has 2 N–H and O–H groups in total. The van der Waals surface area contributed by atoms with Gasteiger partial charge in [-0.1, -0.05) is 127 Å². The Morgan fingerprint density at radius 2 is 0.564 bits per heavy atom. The molecule has 0 unspecified atom stereocenters. The number of aliphatic hydroxyl groups excluding tert-OH is 2. The van der Waals surface area contributed by atoms with Gasteiger partial charge in [0.25, 0.3) is 0 Å². The molecule has 0 saturated carbocycles. The predicted molar refractivity (Wildman–Crippen MR) is 263 cm³/mol. The van der Waals surface area contributed by atoms with Gasteiger partial charge in [-0.2, -0.15) is 0 Å². The van der Waals surface area contributed by atoms with Gasteiger partial charge >= 0.3 is 0 Å². The Labute approximate surface area is 346 Å². The molecule has 55 heavy (non-hydrogen) atoms. The van der Waals surface area contributed by atoms with Gasteiger partial charge in [0.15, 0.2) is 0 Å². The minimum absolute atomic E-state index is 0.125. The highest BCUT2D eigenvalue weighted by molar-refractivity contribution is 5.41. The van der Waals surface area contributed by atoms with Crippen LogP contribution in [0.15, 0.2) is 180 Å². The van der Waals surface area contributed by atoms with Crippen LogP contribution in [0.4, 0.5) is 0 Å². The predicted octanol–water partition coefficient (Wildman–Crippen LogP) is 17.1. The Morgan fingerprint density at radius 3 is 0.800 bits per heavy atom. The van der Waals surface area contributed by atoms with Crippen LogP contribution in [0.2, 0.25) is 0 Å². The molecule has 318 valence electrons. The molecule has 0 radical (unpaired) electrons. The van der Waals surface area contributed by atoms with Gasteiger partial charge in [-0.15, -0.1) is 132 Å². The van der Waals surface area contributed by atoms with E-state index in [4.69, 9.17) is 14.9 Å². The molecular formula is C52H92O3. The maximum Gasteiger partial charge on any atom is 0.130 e. The third-order valence-electron chi connectivity index (χ3n) is 6.36. The summed E-state index contributed by atoms with van der Waals surface area (Å²) in [6.45, 7) is 64.3. The minimum atomic E-state index is -0.125. The van der Waals surface area contributed by atoms with Crippen LogP contribution in [0, 0.1) is 0 Å². The Bertz CT molecular complexity index is 786. The van der Waals surface area contributed by atoms with E-state index in [1.807, 2.05) is 0 Å². The molecule has 0 aromatic heterocycles. The van der Waals surface area contributed by atoms with Crippen molar-refractivity contribution in [1.82, 2.24) is 0 Å². The number of unbranched alkanes of at least 4 members (excludes halogenated alkanes) is 12. The molecule has 2 rings (SSSR count). The monoisotopic (exact) mass is 765 g/mol. The van der Waals surface area contributed by atoms with E-state index in [0.717, 1.165) is 24.3 Å². The number of aryl methyl sites for hydroxylation is 2. The van der Waals surface area contributed by atoms with E-state index in [1.165, 1.54) is 101 Å². The zero-order valence-corrected chi connectivity index (χ0v) is 36.8. The van der Waals surface area contributed by atoms with Crippen LogP contribution in [-0.2, 0) is 12.8 Å². The third kappa shape index (κ3) is 68.1.